The van der Waals surface area contributed by atoms with E-state index < -0.39 is 5.82 Å². The Morgan fingerprint density at radius 1 is 1.47 bits per heavy atom. The van der Waals surface area contributed by atoms with E-state index in [1.54, 1.807) is 6.92 Å². The number of nitrogens with zero attached hydrogens (tertiary/aromatic N) is 3. The zero-order chi connectivity index (χ0) is 12.4. The summed E-state index contributed by atoms with van der Waals surface area (Å²) in [5, 5.41) is 16.4. The van der Waals surface area contributed by atoms with E-state index in [-0.39, 0.29) is 15.3 Å². The Labute approximate surface area is 109 Å². The molecule has 2 aromatic rings. The van der Waals surface area contributed by atoms with Crippen molar-refractivity contribution in [3.8, 4) is 6.07 Å². The number of nitriles is 1. The van der Waals surface area contributed by atoms with Gasteiger partial charge in [0, 0.05) is 6.92 Å². The van der Waals surface area contributed by atoms with Gasteiger partial charge in [-0.15, -0.1) is 10.2 Å². The van der Waals surface area contributed by atoms with Crippen LogP contribution in [0.15, 0.2) is 31.1 Å². The smallest absolute Gasteiger partial charge is 0.281 e. The van der Waals surface area contributed by atoms with Gasteiger partial charge in [0.2, 0.25) is 5.89 Å². The second-order valence-electron chi connectivity index (χ2n) is 3.04. The van der Waals surface area contributed by atoms with Gasteiger partial charge in [0.05, 0.1) is 14.9 Å². The lowest BCUT2D eigenvalue weighted by atomic mass is 10.2. The van der Waals surface area contributed by atoms with Crippen molar-refractivity contribution in [2.75, 3.05) is 0 Å². The topological polar surface area (TPSA) is 62.7 Å². The predicted molar refractivity (Wildman–Crippen MR) is 62.0 cm³/mol. The van der Waals surface area contributed by atoms with Gasteiger partial charge in [0.25, 0.3) is 5.22 Å². The summed E-state index contributed by atoms with van der Waals surface area (Å²) in [5.41, 5.74) is 0.244. The third-order valence-corrected chi connectivity index (χ3v) is 3.52. The average molecular weight is 314 g/mol. The summed E-state index contributed by atoms with van der Waals surface area (Å²) in [6.45, 7) is 1.65. The largest absolute Gasteiger partial charge is 0.416 e. The Morgan fingerprint density at radius 2 is 2.24 bits per heavy atom. The molecular weight excluding hydrogens is 309 g/mol. The Balaban J connectivity index is 2.35. The van der Waals surface area contributed by atoms with E-state index in [4.69, 9.17) is 9.68 Å². The van der Waals surface area contributed by atoms with Crippen LogP contribution in [0.25, 0.3) is 0 Å². The number of aryl methyl sites for hydroxylation is 1. The van der Waals surface area contributed by atoms with Crippen LogP contribution in [0.2, 0.25) is 0 Å². The normalized spacial score (nSPS) is 10.2. The number of rotatable bonds is 2. The molecule has 0 radical (unpaired) electrons. The first-order chi connectivity index (χ1) is 8.11. The predicted octanol–water partition coefficient (Wildman–Crippen LogP) is 3.30. The van der Waals surface area contributed by atoms with Crippen molar-refractivity contribution in [1.82, 2.24) is 10.2 Å². The zero-order valence-electron chi connectivity index (χ0n) is 8.57. The molecule has 0 unspecified atom stereocenters. The summed E-state index contributed by atoms with van der Waals surface area (Å²) in [7, 11) is 0. The summed E-state index contributed by atoms with van der Waals surface area (Å²) >= 11 is 4.05. The maximum Gasteiger partial charge on any atom is 0.281 e. The number of hydrogen-bond acceptors (Lipinski definition) is 5. The summed E-state index contributed by atoms with van der Waals surface area (Å²) < 4.78 is 19.1. The van der Waals surface area contributed by atoms with Gasteiger partial charge in [0.1, 0.15) is 6.07 Å². The van der Waals surface area contributed by atoms with Gasteiger partial charge < -0.3 is 4.42 Å². The Hall–Kier alpha value is -1.39. The number of hydrogen-bond donors (Lipinski definition) is 0. The highest BCUT2D eigenvalue weighted by Crippen LogP contribution is 2.33. The molecule has 0 aliphatic heterocycles. The quantitative estimate of drug-likeness (QED) is 0.851. The molecule has 7 heteroatoms. The fourth-order valence-corrected chi connectivity index (χ4v) is 2.44. The van der Waals surface area contributed by atoms with Crippen LogP contribution in [0.5, 0.6) is 0 Å². The van der Waals surface area contributed by atoms with E-state index >= 15 is 0 Å². The average Bonchev–Trinajstić information content (AvgIpc) is 2.71. The highest BCUT2D eigenvalue weighted by molar-refractivity contribution is 9.10. The molecule has 0 N–H and O–H groups in total. The summed E-state index contributed by atoms with van der Waals surface area (Å²) in [4.78, 5) is 0.319. The van der Waals surface area contributed by atoms with Crippen molar-refractivity contribution in [2.45, 2.75) is 17.0 Å². The Kier molecular flexibility index (Phi) is 3.45. The number of aromatic nitrogens is 2. The van der Waals surface area contributed by atoms with Crippen molar-refractivity contribution in [2.24, 2.45) is 0 Å². The molecule has 0 amide bonds. The van der Waals surface area contributed by atoms with Gasteiger partial charge >= 0.3 is 0 Å². The first kappa shape index (κ1) is 12.1. The molecule has 0 aliphatic rings. The minimum atomic E-state index is -0.509. The molecule has 2 rings (SSSR count). The molecule has 0 saturated carbocycles. The number of benzene rings is 1. The third kappa shape index (κ3) is 2.48. The molecule has 4 nitrogen and oxygen atoms in total. The fourth-order valence-electron chi connectivity index (χ4n) is 1.11. The molecule has 0 fully saturated rings. The van der Waals surface area contributed by atoms with E-state index in [0.717, 1.165) is 11.8 Å². The van der Waals surface area contributed by atoms with Crippen LogP contribution in [0.3, 0.4) is 0 Å². The van der Waals surface area contributed by atoms with Gasteiger partial charge in [-0.05, 0) is 39.8 Å². The minimum Gasteiger partial charge on any atom is -0.416 e. The summed E-state index contributed by atoms with van der Waals surface area (Å²) in [6, 6.07) is 4.91. The van der Waals surface area contributed by atoms with Crippen LogP contribution in [-0.4, -0.2) is 10.2 Å². The maximum absolute atomic E-state index is 13.8. The standard InChI is InChI=1S/C10H5BrFN3OS/c1-5-14-15-10(16-5)17-7-3-2-6(4-13)8(11)9(7)12/h2-3H,1H3. The van der Waals surface area contributed by atoms with Gasteiger partial charge in [-0.2, -0.15) is 5.26 Å². The second kappa shape index (κ2) is 4.85. The molecule has 1 aromatic heterocycles. The van der Waals surface area contributed by atoms with Crippen LogP contribution < -0.4 is 0 Å². The second-order valence-corrected chi connectivity index (χ2v) is 4.83. The SMILES string of the molecule is Cc1nnc(Sc2ccc(C#N)c(Br)c2F)o1. The van der Waals surface area contributed by atoms with E-state index in [1.807, 2.05) is 6.07 Å². The van der Waals surface area contributed by atoms with Gasteiger partial charge in [-0.3, -0.25) is 0 Å². The van der Waals surface area contributed by atoms with Gasteiger partial charge in [-0.1, -0.05) is 0 Å². The minimum absolute atomic E-state index is 0.140. The molecule has 1 heterocycles. The van der Waals surface area contributed by atoms with E-state index in [2.05, 4.69) is 26.1 Å². The van der Waals surface area contributed by atoms with Crippen LogP contribution in [0, 0.1) is 24.1 Å². The lowest BCUT2D eigenvalue weighted by molar-refractivity contribution is 0.429. The lowest BCUT2D eigenvalue weighted by Crippen LogP contribution is -1.87. The van der Waals surface area contributed by atoms with Crippen LogP contribution in [0.4, 0.5) is 4.39 Å². The molecule has 0 atom stereocenters. The van der Waals surface area contributed by atoms with Crippen molar-refractivity contribution < 1.29 is 8.81 Å². The van der Waals surface area contributed by atoms with Crippen LogP contribution in [0.1, 0.15) is 11.5 Å². The third-order valence-electron chi connectivity index (χ3n) is 1.87. The molecule has 17 heavy (non-hydrogen) atoms. The van der Waals surface area contributed by atoms with Crippen LogP contribution in [-0.2, 0) is 0 Å². The van der Waals surface area contributed by atoms with Gasteiger partial charge in [-0.25, -0.2) is 4.39 Å². The first-order valence-electron chi connectivity index (χ1n) is 4.48. The zero-order valence-corrected chi connectivity index (χ0v) is 11.0. The van der Waals surface area contributed by atoms with E-state index in [9.17, 15) is 4.39 Å². The van der Waals surface area contributed by atoms with E-state index in [0.29, 0.717) is 10.8 Å². The fraction of sp³-hybridized carbons (Fsp3) is 0.100. The molecule has 0 saturated heterocycles. The molecular formula is C10H5BrFN3OS. The molecule has 0 spiro atoms. The molecule has 1 aromatic carbocycles. The lowest BCUT2D eigenvalue weighted by Gasteiger charge is -2.02. The highest BCUT2D eigenvalue weighted by atomic mass is 79.9. The molecule has 0 bridgehead atoms. The maximum atomic E-state index is 13.8. The van der Waals surface area contributed by atoms with Crippen molar-refractivity contribution in [3.05, 3.63) is 33.9 Å². The first-order valence-corrected chi connectivity index (χ1v) is 6.09. The van der Waals surface area contributed by atoms with Gasteiger partial charge in [0.15, 0.2) is 5.82 Å². The number of halogens is 2. The highest BCUT2D eigenvalue weighted by Gasteiger charge is 2.14. The summed E-state index contributed by atoms with van der Waals surface area (Å²) in [5.74, 6) is -0.0921. The Bertz CT molecular complexity index is 608. The van der Waals surface area contributed by atoms with Crippen LogP contribution >= 0.6 is 27.7 Å². The molecule has 0 aliphatic carbocycles. The summed E-state index contributed by atoms with van der Waals surface area (Å²) in [6.07, 6.45) is 0. The Morgan fingerprint density at radius 3 is 2.82 bits per heavy atom. The van der Waals surface area contributed by atoms with Crippen molar-refractivity contribution in [1.29, 1.82) is 5.26 Å². The molecule has 86 valence electrons. The monoisotopic (exact) mass is 313 g/mol. The van der Waals surface area contributed by atoms with E-state index in [1.165, 1.54) is 12.1 Å². The van der Waals surface area contributed by atoms with Crippen molar-refractivity contribution in [3.63, 3.8) is 0 Å². The van der Waals surface area contributed by atoms with Crippen molar-refractivity contribution >= 4 is 27.7 Å².